The fourth-order valence-electron chi connectivity index (χ4n) is 2.26. The Hall–Kier alpha value is -2.50. The highest BCUT2D eigenvalue weighted by molar-refractivity contribution is 6.35. The van der Waals surface area contributed by atoms with E-state index in [2.05, 4.69) is 10.4 Å². The average molecular weight is 361 g/mol. The van der Waals surface area contributed by atoms with Gasteiger partial charge < -0.3 is 11.1 Å². The van der Waals surface area contributed by atoms with Crippen LogP contribution < -0.4 is 11.1 Å². The van der Waals surface area contributed by atoms with Gasteiger partial charge in [-0.15, -0.1) is 0 Å². The minimum Gasteiger partial charge on any atom is -0.384 e. The molecule has 0 aliphatic carbocycles. The first-order valence-electron chi connectivity index (χ1n) is 7.11. The number of carbonyl (C=O) groups excluding carboxylic acids is 1. The second-order valence-corrected chi connectivity index (χ2v) is 6.02. The third kappa shape index (κ3) is 3.22. The fourth-order valence-corrected chi connectivity index (χ4v) is 2.76. The Labute approximate surface area is 149 Å². The van der Waals surface area contributed by atoms with Crippen LogP contribution in [0.1, 0.15) is 10.4 Å². The van der Waals surface area contributed by atoms with Crippen molar-refractivity contribution in [1.82, 2.24) is 9.78 Å². The maximum atomic E-state index is 12.3. The molecular formula is C17H14Cl2N4O. The molecule has 5 nitrogen and oxygen atoms in total. The summed E-state index contributed by atoms with van der Waals surface area (Å²) in [5.41, 5.74) is 8.16. The predicted octanol–water partition coefficient (Wildman–Crippen LogP) is 4.23. The summed E-state index contributed by atoms with van der Waals surface area (Å²) < 4.78 is 1.57. The molecule has 1 amide bonds. The van der Waals surface area contributed by atoms with Crippen LogP contribution in [0.3, 0.4) is 0 Å². The van der Waals surface area contributed by atoms with Gasteiger partial charge in [0.2, 0.25) is 0 Å². The number of nitrogen functional groups attached to an aromatic ring is 1. The topological polar surface area (TPSA) is 72.9 Å². The quantitative estimate of drug-likeness (QED) is 0.733. The van der Waals surface area contributed by atoms with Crippen LogP contribution in [-0.4, -0.2) is 15.7 Å². The number of nitrogens with zero attached hydrogens (tertiary/aromatic N) is 2. The maximum Gasteiger partial charge on any atom is 0.257 e. The molecule has 0 spiro atoms. The van der Waals surface area contributed by atoms with Crippen LogP contribution in [0.5, 0.6) is 0 Å². The van der Waals surface area contributed by atoms with E-state index in [9.17, 15) is 4.79 Å². The highest BCUT2D eigenvalue weighted by Gasteiger charge is 2.13. The monoisotopic (exact) mass is 360 g/mol. The van der Waals surface area contributed by atoms with Crippen molar-refractivity contribution in [3.63, 3.8) is 0 Å². The van der Waals surface area contributed by atoms with E-state index < -0.39 is 0 Å². The second-order valence-electron chi connectivity index (χ2n) is 5.21. The third-order valence-electron chi connectivity index (χ3n) is 3.54. The number of amides is 1. The Morgan fingerprint density at radius 3 is 2.50 bits per heavy atom. The SMILES string of the molecule is Cn1nc(-c2ccc(NC(=O)c3ccccc3Cl)cc2Cl)cc1N. The Balaban J connectivity index is 1.85. The molecule has 0 radical (unpaired) electrons. The Morgan fingerprint density at radius 1 is 1.12 bits per heavy atom. The van der Waals surface area contributed by atoms with Crippen molar-refractivity contribution in [3.05, 3.63) is 64.1 Å². The molecule has 1 aromatic heterocycles. The van der Waals surface area contributed by atoms with Gasteiger partial charge in [0.1, 0.15) is 5.82 Å². The zero-order chi connectivity index (χ0) is 17.3. The molecule has 0 bridgehead atoms. The van der Waals surface area contributed by atoms with E-state index in [1.54, 1.807) is 60.3 Å². The number of halogens is 2. The van der Waals surface area contributed by atoms with Gasteiger partial charge in [-0.1, -0.05) is 35.3 Å². The number of carbonyl (C=O) groups is 1. The van der Waals surface area contributed by atoms with Gasteiger partial charge in [0.05, 0.1) is 21.3 Å². The Bertz CT molecular complexity index is 901. The molecule has 0 aliphatic rings. The number of rotatable bonds is 3. The Morgan fingerprint density at radius 2 is 1.88 bits per heavy atom. The minimum atomic E-state index is -0.300. The van der Waals surface area contributed by atoms with Crippen LogP contribution in [0.4, 0.5) is 11.5 Å². The molecule has 3 N–H and O–H groups in total. The minimum absolute atomic E-state index is 0.300. The molecule has 24 heavy (non-hydrogen) atoms. The number of nitrogens with one attached hydrogen (secondary N) is 1. The van der Waals surface area contributed by atoms with Gasteiger partial charge in [-0.05, 0) is 30.3 Å². The highest BCUT2D eigenvalue weighted by atomic mass is 35.5. The summed E-state index contributed by atoms with van der Waals surface area (Å²) in [7, 11) is 1.75. The maximum absolute atomic E-state index is 12.3. The fraction of sp³-hybridized carbons (Fsp3) is 0.0588. The summed E-state index contributed by atoms with van der Waals surface area (Å²) >= 11 is 12.3. The number of benzene rings is 2. The van der Waals surface area contributed by atoms with Crippen molar-refractivity contribution >= 4 is 40.6 Å². The highest BCUT2D eigenvalue weighted by Crippen LogP contribution is 2.30. The van der Waals surface area contributed by atoms with E-state index in [4.69, 9.17) is 28.9 Å². The first-order valence-corrected chi connectivity index (χ1v) is 7.86. The molecule has 7 heteroatoms. The van der Waals surface area contributed by atoms with Gasteiger partial charge in [-0.2, -0.15) is 5.10 Å². The van der Waals surface area contributed by atoms with E-state index in [1.807, 2.05) is 0 Å². The van der Waals surface area contributed by atoms with Crippen molar-refractivity contribution in [1.29, 1.82) is 0 Å². The summed E-state index contributed by atoms with van der Waals surface area (Å²) in [5.74, 6) is 0.240. The number of hydrogen-bond acceptors (Lipinski definition) is 3. The molecule has 0 fully saturated rings. The van der Waals surface area contributed by atoms with E-state index in [1.165, 1.54) is 0 Å². The van der Waals surface area contributed by atoms with Crippen molar-refractivity contribution < 1.29 is 4.79 Å². The molecule has 0 saturated heterocycles. The largest absolute Gasteiger partial charge is 0.384 e. The summed E-state index contributed by atoms with van der Waals surface area (Å²) in [4.78, 5) is 12.3. The van der Waals surface area contributed by atoms with Gasteiger partial charge in [0, 0.05) is 24.4 Å². The van der Waals surface area contributed by atoms with E-state index >= 15 is 0 Å². The van der Waals surface area contributed by atoms with Crippen LogP contribution >= 0.6 is 23.2 Å². The molecule has 2 aromatic carbocycles. The molecule has 1 heterocycles. The van der Waals surface area contributed by atoms with Gasteiger partial charge >= 0.3 is 0 Å². The first-order chi connectivity index (χ1) is 11.5. The summed E-state index contributed by atoms with van der Waals surface area (Å²) in [6, 6.07) is 13.8. The summed E-state index contributed by atoms with van der Waals surface area (Å²) in [5, 5.41) is 7.92. The van der Waals surface area contributed by atoms with Crippen molar-refractivity contribution in [2.75, 3.05) is 11.1 Å². The van der Waals surface area contributed by atoms with Gasteiger partial charge in [-0.25, -0.2) is 0 Å². The number of aryl methyl sites for hydroxylation is 1. The zero-order valence-corrected chi connectivity index (χ0v) is 14.3. The molecule has 0 saturated carbocycles. The van der Waals surface area contributed by atoms with Crippen LogP contribution in [0.2, 0.25) is 10.0 Å². The van der Waals surface area contributed by atoms with Crippen LogP contribution in [0, 0.1) is 0 Å². The number of aromatic nitrogens is 2. The normalized spacial score (nSPS) is 10.6. The summed E-state index contributed by atoms with van der Waals surface area (Å²) in [6.07, 6.45) is 0. The molecular weight excluding hydrogens is 347 g/mol. The van der Waals surface area contributed by atoms with E-state index in [-0.39, 0.29) is 5.91 Å². The molecule has 0 atom stereocenters. The van der Waals surface area contributed by atoms with Crippen molar-refractivity contribution in [3.8, 4) is 11.3 Å². The van der Waals surface area contributed by atoms with Gasteiger partial charge in [0.25, 0.3) is 5.91 Å². The van der Waals surface area contributed by atoms with Crippen molar-refractivity contribution in [2.45, 2.75) is 0 Å². The standard InChI is InChI=1S/C17H14Cl2N4O/c1-23-16(20)9-15(22-23)11-7-6-10(8-14(11)19)21-17(24)12-4-2-3-5-13(12)18/h2-9H,20H2,1H3,(H,21,24). The smallest absolute Gasteiger partial charge is 0.257 e. The predicted molar refractivity (Wildman–Crippen MR) is 97.5 cm³/mol. The van der Waals surface area contributed by atoms with E-state index in [0.29, 0.717) is 32.8 Å². The number of nitrogens with two attached hydrogens (primary N) is 1. The van der Waals surface area contributed by atoms with Crippen LogP contribution in [-0.2, 0) is 7.05 Å². The van der Waals surface area contributed by atoms with Crippen molar-refractivity contribution in [2.24, 2.45) is 7.05 Å². The number of anilines is 2. The van der Waals surface area contributed by atoms with Gasteiger partial charge in [0.15, 0.2) is 0 Å². The third-order valence-corrected chi connectivity index (χ3v) is 4.18. The molecule has 3 aromatic rings. The zero-order valence-electron chi connectivity index (χ0n) is 12.8. The van der Waals surface area contributed by atoms with Crippen LogP contribution in [0.25, 0.3) is 11.3 Å². The van der Waals surface area contributed by atoms with Crippen LogP contribution in [0.15, 0.2) is 48.5 Å². The average Bonchev–Trinajstić information content (AvgIpc) is 2.87. The lowest BCUT2D eigenvalue weighted by molar-refractivity contribution is 0.102. The molecule has 0 aliphatic heterocycles. The summed E-state index contributed by atoms with van der Waals surface area (Å²) in [6.45, 7) is 0. The lowest BCUT2D eigenvalue weighted by Gasteiger charge is -2.08. The second kappa shape index (κ2) is 6.55. The first kappa shape index (κ1) is 16.4. The lowest BCUT2D eigenvalue weighted by atomic mass is 10.1. The van der Waals surface area contributed by atoms with Gasteiger partial charge in [-0.3, -0.25) is 9.48 Å². The lowest BCUT2D eigenvalue weighted by Crippen LogP contribution is -2.12. The molecule has 122 valence electrons. The molecule has 0 unspecified atom stereocenters. The number of hydrogen-bond donors (Lipinski definition) is 2. The molecule has 3 rings (SSSR count). The van der Waals surface area contributed by atoms with E-state index in [0.717, 1.165) is 5.56 Å². The Kier molecular flexibility index (Phi) is 4.46.